The summed E-state index contributed by atoms with van der Waals surface area (Å²) in [6, 6.07) is 8.18. The number of aliphatic hydroxyl groups excluding tert-OH is 1. The Morgan fingerprint density at radius 2 is 2.09 bits per heavy atom. The fourth-order valence-electron chi connectivity index (χ4n) is 3.57. The Balaban J connectivity index is 1.69. The molecule has 1 amide bonds. The number of fused-ring (bicyclic) bond motifs is 1. The van der Waals surface area contributed by atoms with Gasteiger partial charge in [0, 0.05) is 41.5 Å². The number of aliphatic hydroxyl groups is 1. The lowest BCUT2D eigenvalue weighted by Gasteiger charge is -2.22. The molecule has 1 aromatic carbocycles. The average Bonchev–Trinajstić information content (AvgIpc) is 3.10. The van der Waals surface area contributed by atoms with Crippen molar-refractivity contribution in [1.29, 1.82) is 5.41 Å². The van der Waals surface area contributed by atoms with Crippen LogP contribution in [0, 0.1) is 5.41 Å². The molecule has 33 heavy (non-hydrogen) atoms. The molecule has 3 aromatic rings. The van der Waals surface area contributed by atoms with Crippen molar-refractivity contribution in [2.75, 3.05) is 38.2 Å². The normalized spacial score (nSPS) is 17.1. The van der Waals surface area contributed by atoms with Crippen molar-refractivity contribution in [3.63, 3.8) is 0 Å². The molecule has 0 radical (unpaired) electrons. The number of furan rings is 1. The molecule has 4 rings (SSSR count). The molecule has 1 unspecified atom stereocenters. The third kappa shape index (κ3) is 5.15. The van der Waals surface area contributed by atoms with Crippen LogP contribution in [0.3, 0.4) is 0 Å². The van der Waals surface area contributed by atoms with Crippen molar-refractivity contribution in [3.8, 4) is 0 Å². The van der Waals surface area contributed by atoms with Crippen LogP contribution in [0.1, 0.15) is 21.6 Å². The lowest BCUT2D eigenvalue weighted by molar-refractivity contribution is -0.115. The van der Waals surface area contributed by atoms with Crippen LogP contribution >= 0.6 is 0 Å². The minimum absolute atomic E-state index is 0.0183. The molecule has 1 saturated heterocycles. The molecule has 174 valence electrons. The lowest BCUT2D eigenvalue weighted by Crippen LogP contribution is -2.38. The van der Waals surface area contributed by atoms with Crippen LogP contribution in [-0.4, -0.2) is 71.7 Å². The minimum atomic E-state index is -4.51. The maximum Gasteiger partial charge on any atom is 0.405 e. The highest BCUT2D eigenvalue weighted by atomic mass is 19.4. The molecule has 0 bridgehead atoms. The first kappa shape index (κ1) is 22.7. The van der Waals surface area contributed by atoms with E-state index < -0.39 is 24.7 Å². The van der Waals surface area contributed by atoms with Gasteiger partial charge in [0.2, 0.25) is 0 Å². The summed E-state index contributed by atoms with van der Waals surface area (Å²) in [7, 11) is 0. The van der Waals surface area contributed by atoms with Gasteiger partial charge in [-0.25, -0.2) is 0 Å². The molecular formula is C22H21F3N4O4. The second-order valence-corrected chi connectivity index (χ2v) is 7.58. The van der Waals surface area contributed by atoms with Gasteiger partial charge in [-0.15, -0.1) is 0 Å². The summed E-state index contributed by atoms with van der Waals surface area (Å²) in [6.45, 7) is -0.818. The summed E-state index contributed by atoms with van der Waals surface area (Å²) in [5.74, 6) is -0.554. The van der Waals surface area contributed by atoms with Crippen LogP contribution in [0.5, 0.6) is 0 Å². The summed E-state index contributed by atoms with van der Waals surface area (Å²) in [5, 5.41) is 21.4. The monoisotopic (exact) mass is 462 g/mol. The second-order valence-electron chi connectivity index (χ2n) is 7.58. The molecule has 0 saturated carbocycles. The fraction of sp³-hybridized carbons (Fsp3) is 0.318. The smallest absolute Gasteiger partial charge is 0.405 e. The number of rotatable bonds is 5. The number of carbonyl (C=O) groups excluding carboxylic acids is 1. The third-order valence-corrected chi connectivity index (χ3v) is 5.16. The highest BCUT2D eigenvalue weighted by Gasteiger charge is 2.29. The Bertz CT molecular complexity index is 1180. The number of anilines is 1. The Hall–Kier alpha value is -3.44. The Morgan fingerprint density at radius 3 is 2.88 bits per heavy atom. The largest absolute Gasteiger partial charge is 0.464 e. The van der Waals surface area contributed by atoms with Gasteiger partial charge in [-0.1, -0.05) is 18.2 Å². The number of alkyl halides is 3. The van der Waals surface area contributed by atoms with E-state index in [0.29, 0.717) is 16.5 Å². The quantitative estimate of drug-likeness (QED) is 0.503. The summed E-state index contributed by atoms with van der Waals surface area (Å²) in [5.41, 5.74) is 0.726. The molecule has 1 atom stereocenters. The van der Waals surface area contributed by atoms with Gasteiger partial charge in [-0.3, -0.25) is 15.2 Å². The fourth-order valence-corrected chi connectivity index (χ4v) is 3.57. The van der Waals surface area contributed by atoms with E-state index in [1.807, 2.05) is 0 Å². The van der Waals surface area contributed by atoms with E-state index in [1.165, 1.54) is 23.4 Å². The zero-order chi connectivity index (χ0) is 23.6. The van der Waals surface area contributed by atoms with Crippen LogP contribution in [0.25, 0.3) is 11.0 Å². The van der Waals surface area contributed by atoms with Crippen molar-refractivity contribution >= 4 is 28.3 Å². The Morgan fingerprint density at radius 1 is 1.30 bits per heavy atom. The minimum Gasteiger partial charge on any atom is -0.464 e. The highest BCUT2D eigenvalue weighted by Crippen LogP contribution is 2.27. The Kier molecular flexibility index (Phi) is 6.34. The number of amides is 1. The molecule has 1 fully saturated rings. The number of carbonyl (C=O) groups is 1. The number of nitrogens with one attached hydrogen (secondary N) is 2. The number of aromatic nitrogens is 1. The SMILES string of the molecule is N=C(c1cnc(C(=O)N2CCOCC(O)C2)cc1NCC(F)(F)F)c1coc2ccccc12. The molecular weight excluding hydrogens is 441 g/mol. The molecule has 11 heteroatoms. The molecule has 8 nitrogen and oxygen atoms in total. The average molecular weight is 462 g/mol. The number of para-hydroxylation sites is 1. The number of hydrogen-bond acceptors (Lipinski definition) is 7. The van der Waals surface area contributed by atoms with Gasteiger partial charge in [0.15, 0.2) is 0 Å². The van der Waals surface area contributed by atoms with E-state index in [-0.39, 0.29) is 49.0 Å². The number of hydrogen-bond donors (Lipinski definition) is 3. The number of benzene rings is 1. The lowest BCUT2D eigenvalue weighted by atomic mass is 10.0. The van der Waals surface area contributed by atoms with E-state index in [9.17, 15) is 23.1 Å². The molecule has 0 spiro atoms. The predicted molar refractivity (Wildman–Crippen MR) is 114 cm³/mol. The molecule has 0 aliphatic carbocycles. The van der Waals surface area contributed by atoms with Gasteiger partial charge in [0.25, 0.3) is 5.91 Å². The molecule has 1 aliphatic heterocycles. The van der Waals surface area contributed by atoms with Gasteiger partial charge in [0.1, 0.15) is 24.1 Å². The zero-order valence-electron chi connectivity index (χ0n) is 17.4. The number of pyridine rings is 1. The van der Waals surface area contributed by atoms with Gasteiger partial charge in [-0.2, -0.15) is 13.2 Å². The van der Waals surface area contributed by atoms with Crippen LogP contribution in [0.4, 0.5) is 18.9 Å². The van der Waals surface area contributed by atoms with Gasteiger partial charge in [0.05, 0.1) is 25.0 Å². The second kappa shape index (κ2) is 9.20. The number of ether oxygens (including phenoxy) is 1. The summed E-state index contributed by atoms with van der Waals surface area (Å²) >= 11 is 0. The standard InChI is InChI=1S/C22H21F3N4O4/c23-22(24,25)12-28-17-7-18(21(31)29-5-6-32-10-13(30)9-29)27-8-15(17)20(26)16-11-33-19-4-2-1-3-14(16)19/h1-4,7-8,11,13,26,30H,5-6,9-10,12H2,(H,27,28). The van der Waals surface area contributed by atoms with E-state index in [4.69, 9.17) is 14.6 Å². The predicted octanol–water partition coefficient (Wildman–Crippen LogP) is 3.05. The van der Waals surface area contributed by atoms with E-state index in [0.717, 1.165) is 0 Å². The van der Waals surface area contributed by atoms with Crippen LogP contribution in [0.2, 0.25) is 0 Å². The molecule has 2 aromatic heterocycles. The van der Waals surface area contributed by atoms with Crippen LogP contribution in [0.15, 0.2) is 47.2 Å². The topological polar surface area (TPSA) is 112 Å². The van der Waals surface area contributed by atoms with Crippen LogP contribution in [-0.2, 0) is 4.74 Å². The van der Waals surface area contributed by atoms with Crippen molar-refractivity contribution in [2.24, 2.45) is 0 Å². The van der Waals surface area contributed by atoms with Crippen molar-refractivity contribution in [1.82, 2.24) is 9.88 Å². The van der Waals surface area contributed by atoms with E-state index in [1.54, 1.807) is 24.3 Å². The molecule has 1 aliphatic rings. The summed E-state index contributed by atoms with van der Waals surface area (Å²) < 4.78 is 49.5. The van der Waals surface area contributed by atoms with Crippen molar-refractivity contribution < 1.29 is 32.2 Å². The number of halogens is 3. The first-order valence-electron chi connectivity index (χ1n) is 10.1. The first-order valence-corrected chi connectivity index (χ1v) is 10.1. The molecule has 3 N–H and O–H groups in total. The van der Waals surface area contributed by atoms with E-state index >= 15 is 0 Å². The van der Waals surface area contributed by atoms with Crippen molar-refractivity contribution in [2.45, 2.75) is 12.3 Å². The summed E-state index contributed by atoms with van der Waals surface area (Å²) in [6.07, 6.45) is -2.83. The zero-order valence-corrected chi connectivity index (χ0v) is 17.4. The maximum atomic E-state index is 12.9. The molecule has 3 heterocycles. The third-order valence-electron chi connectivity index (χ3n) is 5.16. The van der Waals surface area contributed by atoms with Crippen molar-refractivity contribution in [3.05, 3.63) is 59.6 Å². The number of β-amino-alcohol motifs (C(OH)–C–C–N with tert-alkyl or cyclic N) is 1. The van der Waals surface area contributed by atoms with Gasteiger partial charge < -0.3 is 24.5 Å². The van der Waals surface area contributed by atoms with Gasteiger partial charge in [-0.05, 0) is 12.1 Å². The highest BCUT2D eigenvalue weighted by molar-refractivity contribution is 6.19. The van der Waals surface area contributed by atoms with E-state index in [2.05, 4.69) is 10.3 Å². The Labute approximate surface area is 186 Å². The van der Waals surface area contributed by atoms with Gasteiger partial charge >= 0.3 is 6.18 Å². The summed E-state index contributed by atoms with van der Waals surface area (Å²) in [4.78, 5) is 18.4. The first-order chi connectivity index (χ1) is 15.7. The van der Waals surface area contributed by atoms with Crippen LogP contribution < -0.4 is 5.32 Å². The maximum absolute atomic E-state index is 12.9. The number of nitrogens with zero attached hydrogens (tertiary/aromatic N) is 2.